The quantitative estimate of drug-likeness (QED) is 0.744. The second-order valence-corrected chi connectivity index (χ2v) is 7.28. The highest BCUT2D eigenvalue weighted by Crippen LogP contribution is 2.28. The standard InChI is InChI=1S/C17H22ClNS/c1-12(2)15(14-7-5-4-6-8-14)11-19-13(3)16-9-10-17(18)20-16/h4-10,12-13,15,19H,11H2,1-3H3. The Balaban J connectivity index is 1.99. The van der Waals surface area contributed by atoms with Gasteiger partial charge in [-0.25, -0.2) is 0 Å². The molecule has 1 aromatic heterocycles. The molecule has 0 saturated heterocycles. The van der Waals surface area contributed by atoms with Crippen LogP contribution in [-0.4, -0.2) is 6.54 Å². The Hall–Kier alpha value is -0.830. The molecule has 0 saturated carbocycles. The lowest BCUT2D eigenvalue weighted by atomic mass is 9.88. The summed E-state index contributed by atoms with van der Waals surface area (Å²) in [6.07, 6.45) is 0. The van der Waals surface area contributed by atoms with Crippen LogP contribution in [0.4, 0.5) is 0 Å². The van der Waals surface area contributed by atoms with Gasteiger partial charge in [0.25, 0.3) is 0 Å². The van der Waals surface area contributed by atoms with E-state index in [0.717, 1.165) is 10.9 Å². The molecule has 3 heteroatoms. The van der Waals surface area contributed by atoms with Gasteiger partial charge in [-0.15, -0.1) is 11.3 Å². The highest BCUT2D eigenvalue weighted by Gasteiger charge is 2.17. The number of hydrogen-bond donors (Lipinski definition) is 1. The highest BCUT2D eigenvalue weighted by atomic mass is 35.5. The van der Waals surface area contributed by atoms with Gasteiger partial charge in [-0.3, -0.25) is 0 Å². The Morgan fingerprint density at radius 3 is 2.30 bits per heavy atom. The monoisotopic (exact) mass is 307 g/mol. The fourth-order valence-electron chi connectivity index (χ4n) is 2.40. The van der Waals surface area contributed by atoms with E-state index >= 15 is 0 Å². The smallest absolute Gasteiger partial charge is 0.0931 e. The van der Waals surface area contributed by atoms with Crippen molar-refractivity contribution < 1.29 is 0 Å². The van der Waals surface area contributed by atoms with Crippen molar-refractivity contribution in [3.05, 3.63) is 57.2 Å². The van der Waals surface area contributed by atoms with Gasteiger partial charge in [0.15, 0.2) is 0 Å². The molecule has 1 N–H and O–H groups in total. The Morgan fingerprint density at radius 2 is 1.75 bits per heavy atom. The molecule has 2 rings (SSSR count). The molecule has 20 heavy (non-hydrogen) atoms. The third-order valence-electron chi connectivity index (χ3n) is 3.70. The Labute approximate surface area is 131 Å². The molecular formula is C17H22ClNS. The summed E-state index contributed by atoms with van der Waals surface area (Å²) < 4.78 is 0.858. The van der Waals surface area contributed by atoms with Crippen LogP contribution in [-0.2, 0) is 0 Å². The maximum absolute atomic E-state index is 6.00. The fourth-order valence-corrected chi connectivity index (χ4v) is 3.49. The summed E-state index contributed by atoms with van der Waals surface area (Å²) in [6.45, 7) is 7.75. The Kier molecular flexibility index (Phi) is 5.64. The van der Waals surface area contributed by atoms with E-state index in [9.17, 15) is 0 Å². The molecule has 108 valence electrons. The van der Waals surface area contributed by atoms with Crippen LogP contribution in [0.1, 0.15) is 43.2 Å². The van der Waals surface area contributed by atoms with Crippen molar-refractivity contribution in [2.75, 3.05) is 6.54 Å². The molecule has 0 fully saturated rings. The van der Waals surface area contributed by atoms with E-state index < -0.39 is 0 Å². The predicted molar refractivity (Wildman–Crippen MR) is 89.8 cm³/mol. The van der Waals surface area contributed by atoms with Crippen LogP contribution in [0, 0.1) is 5.92 Å². The van der Waals surface area contributed by atoms with E-state index in [-0.39, 0.29) is 0 Å². The van der Waals surface area contributed by atoms with E-state index in [2.05, 4.69) is 62.5 Å². The first-order chi connectivity index (χ1) is 9.58. The van der Waals surface area contributed by atoms with Crippen molar-refractivity contribution in [3.63, 3.8) is 0 Å². The van der Waals surface area contributed by atoms with Crippen LogP contribution in [0.25, 0.3) is 0 Å². The molecule has 2 atom stereocenters. The zero-order chi connectivity index (χ0) is 14.5. The molecule has 0 amide bonds. The Morgan fingerprint density at radius 1 is 1.05 bits per heavy atom. The molecule has 0 radical (unpaired) electrons. The first-order valence-electron chi connectivity index (χ1n) is 7.11. The van der Waals surface area contributed by atoms with E-state index in [1.54, 1.807) is 11.3 Å². The molecule has 0 aliphatic heterocycles. The van der Waals surface area contributed by atoms with Gasteiger partial charge in [-0.2, -0.15) is 0 Å². The number of thiophene rings is 1. The zero-order valence-electron chi connectivity index (χ0n) is 12.3. The number of rotatable bonds is 6. The van der Waals surface area contributed by atoms with Crippen LogP contribution in [0.2, 0.25) is 4.34 Å². The first kappa shape index (κ1) is 15.6. The molecule has 2 aromatic rings. The van der Waals surface area contributed by atoms with Crippen LogP contribution in [0.3, 0.4) is 0 Å². The molecule has 1 nitrogen and oxygen atoms in total. The van der Waals surface area contributed by atoms with E-state index in [4.69, 9.17) is 11.6 Å². The number of halogens is 1. The normalized spacial score (nSPS) is 14.4. The van der Waals surface area contributed by atoms with Gasteiger partial charge < -0.3 is 5.32 Å². The lowest BCUT2D eigenvalue weighted by molar-refractivity contribution is 0.438. The van der Waals surface area contributed by atoms with Gasteiger partial charge in [0, 0.05) is 17.5 Å². The molecular weight excluding hydrogens is 286 g/mol. The lowest BCUT2D eigenvalue weighted by Crippen LogP contribution is -2.26. The fraction of sp³-hybridized carbons (Fsp3) is 0.412. The van der Waals surface area contributed by atoms with Gasteiger partial charge >= 0.3 is 0 Å². The first-order valence-corrected chi connectivity index (χ1v) is 8.31. The minimum atomic E-state index is 0.345. The minimum absolute atomic E-state index is 0.345. The topological polar surface area (TPSA) is 12.0 Å². The average Bonchev–Trinajstić information content (AvgIpc) is 2.86. The summed E-state index contributed by atoms with van der Waals surface area (Å²) in [5.74, 6) is 1.15. The summed E-state index contributed by atoms with van der Waals surface area (Å²) in [7, 11) is 0. The van der Waals surface area contributed by atoms with Crippen LogP contribution < -0.4 is 5.32 Å². The van der Waals surface area contributed by atoms with Gasteiger partial charge in [0.05, 0.1) is 4.34 Å². The molecule has 0 spiro atoms. The van der Waals surface area contributed by atoms with Crippen molar-refractivity contribution >= 4 is 22.9 Å². The SMILES string of the molecule is CC(NCC(c1ccccc1)C(C)C)c1ccc(Cl)s1. The van der Waals surface area contributed by atoms with Crippen molar-refractivity contribution in [3.8, 4) is 0 Å². The van der Waals surface area contributed by atoms with Gasteiger partial charge in [-0.1, -0.05) is 55.8 Å². The van der Waals surface area contributed by atoms with E-state index in [0.29, 0.717) is 17.9 Å². The summed E-state index contributed by atoms with van der Waals surface area (Å²) in [4.78, 5) is 1.30. The van der Waals surface area contributed by atoms with Crippen LogP contribution in [0.15, 0.2) is 42.5 Å². The Bertz CT molecular complexity index is 521. The minimum Gasteiger partial charge on any atom is -0.309 e. The summed E-state index contributed by atoms with van der Waals surface area (Å²) in [6, 6.07) is 15.2. The lowest BCUT2D eigenvalue weighted by Gasteiger charge is -2.24. The van der Waals surface area contributed by atoms with Crippen molar-refractivity contribution in [2.45, 2.75) is 32.7 Å². The summed E-state index contributed by atoms with van der Waals surface area (Å²) in [5, 5.41) is 3.64. The van der Waals surface area contributed by atoms with Crippen molar-refractivity contribution in [1.82, 2.24) is 5.32 Å². The van der Waals surface area contributed by atoms with Crippen LogP contribution >= 0.6 is 22.9 Å². The van der Waals surface area contributed by atoms with Gasteiger partial charge in [0.1, 0.15) is 0 Å². The molecule has 1 heterocycles. The summed E-state index contributed by atoms with van der Waals surface area (Å²) >= 11 is 7.66. The predicted octanol–water partition coefficient (Wildman–Crippen LogP) is 5.49. The molecule has 0 bridgehead atoms. The third-order valence-corrected chi connectivity index (χ3v) is 5.11. The second kappa shape index (κ2) is 7.26. The molecule has 0 aliphatic rings. The molecule has 1 aromatic carbocycles. The maximum Gasteiger partial charge on any atom is 0.0931 e. The van der Waals surface area contributed by atoms with E-state index in [1.165, 1.54) is 10.4 Å². The van der Waals surface area contributed by atoms with Crippen molar-refractivity contribution in [1.29, 1.82) is 0 Å². The maximum atomic E-state index is 6.00. The number of nitrogens with one attached hydrogen (secondary N) is 1. The van der Waals surface area contributed by atoms with E-state index in [1.807, 2.05) is 6.07 Å². The van der Waals surface area contributed by atoms with Gasteiger partial charge in [-0.05, 0) is 36.5 Å². The molecule has 2 unspecified atom stereocenters. The number of hydrogen-bond acceptors (Lipinski definition) is 2. The highest BCUT2D eigenvalue weighted by molar-refractivity contribution is 7.16. The average molecular weight is 308 g/mol. The third kappa shape index (κ3) is 4.08. The van der Waals surface area contributed by atoms with Gasteiger partial charge in [0.2, 0.25) is 0 Å². The largest absolute Gasteiger partial charge is 0.309 e. The zero-order valence-corrected chi connectivity index (χ0v) is 13.8. The summed E-state index contributed by atoms with van der Waals surface area (Å²) in [5.41, 5.74) is 1.41. The second-order valence-electron chi connectivity index (χ2n) is 5.53. The molecule has 0 aliphatic carbocycles. The van der Waals surface area contributed by atoms with Crippen LogP contribution in [0.5, 0.6) is 0 Å². The number of benzene rings is 1. The van der Waals surface area contributed by atoms with Crippen molar-refractivity contribution in [2.24, 2.45) is 5.92 Å².